The maximum absolute atomic E-state index is 8.72. The fourth-order valence-electron chi connectivity index (χ4n) is 1.88. The van der Waals surface area contributed by atoms with Gasteiger partial charge < -0.3 is 10.0 Å². The highest BCUT2D eigenvalue weighted by Crippen LogP contribution is 2.17. The van der Waals surface area contributed by atoms with Gasteiger partial charge in [-0.15, -0.1) is 11.3 Å². The lowest BCUT2D eigenvalue weighted by Gasteiger charge is -2.22. The van der Waals surface area contributed by atoms with E-state index in [1.54, 1.807) is 11.3 Å². The molecule has 0 aromatic carbocycles. The van der Waals surface area contributed by atoms with Crippen LogP contribution in [0.25, 0.3) is 0 Å². The largest absolute Gasteiger partial charge is 0.395 e. The first-order valence-electron chi connectivity index (χ1n) is 7.21. The van der Waals surface area contributed by atoms with E-state index in [4.69, 9.17) is 5.11 Å². The minimum absolute atomic E-state index is 0.139. The Morgan fingerprint density at radius 3 is 2.65 bits per heavy atom. The van der Waals surface area contributed by atoms with Gasteiger partial charge in [-0.3, -0.25) is 4.90 Å². The highest BCUT2D eigenvalue weighted by atomic mass is 32.1. The summed E-state index contributed by atoms with van der Waals surface area (Å²) < 4.78 is 0. The number of hydrogen-bond acceptors (Lipinski definition) is 4. The zero-order valence-electron chi connectivity index (χ0n) is 12.9. The van der Waals surface area contributed by atoms with Gasteiger partial charge in [0.1, 0.15) is 0 Å². The summed E-state index contributed by atoms with van der Waals surface area (Å²) in [5.41, 5.74) is 0. The van der Waals surface area contributed by atoms with Gasteiger partial charge in [-0.2, -0.15) is 0 Å². The summed E-state index contributed by atoms with van der Waals surface area (Å²) in [5.74, 6) is 6.08. The summed E-state index contributed by atoms with van der Waals surface area (Å²) in [4.78, 5) is 7.18. The van der Waals surface area contributed by atoms with Crippen molar-refractivity contribution in [3.8, 4) is 11.8 Å². The molecule has 0 aliphatic rings. The second kappa shape index (κ2) is 9.95. The van der Waals surface area contributed by atoms with Crippen LogP contribution in [0.5, 0.6) is 0 Å². The molecule has 0 aliphatic heterocycles. The van der Waals surface area contributed by atoms with Gasteiger partial charge in [-0.25, -0.2) is 0 Å². The maximum Gasteiger partial charge on any atom is 0.0771 e. The van der Waals surface area contributed by atoms with Crippen molar-refractivity contribution in [1.29, 1.82) is 0 Å². The van der Waals surface area contributed by atoms with Crippen LogP contribution >= 0.6 is 11.3 Å². The Kier molecular flexibility index (Phi) is 8.56. The van der Waals surface area contributed by atoms with Crippen molar-refractivity contribution >= 4 is 11.3 Å². The summed E-state index contributed by atoms with van der Waals surface area (Å²) in [6, 6.07) is 4.26. The Bertz CT molecular complexity index is 431. The fourth-order valence-corrected chi connectivity index (χ4v) is 2.81. The number of hydrogen-bond donors (Lipinski definition) is 1. The molecule has 1 N–H and O–H groups in total. The molecule has 0 saturated carbocycles. The molecule has 0 saturated heterocycles. The van der Waals surface area contributed by atoms with Gasteiger partial charge in [0.05, 0.1) is 11.5 Å². The molecule has 1 aromatic rings. The lowest BCUT2D eigenvalue weighted by molar-refractivity contribution is 0.235. The van der Waals surface area contributed by atoms with Gasteiger partial charge in [0.25, 0.3) is 0 Å². The van der Waals surface area contributed by atoms with Crippen LogP contribution < -0.4 is 0 Å². The van der Waals surface area contributed by atoms with E-state index >= 15 is 0 Å². The summed E-state index contributed by atoms with van der Waals surface area (Å²) >= 11 is 1.76. The summed E-state index contributed by atoms with van der Waals surface area (Å²) in [6.45, 7) is 6.70. The van der Waals surface area contributed by atoms with E-state index in [0.29, 0.717) is 6.42 Å². The number of aliphatic hydroxyl groups is 1. The Morgan fingerprint density at radius 2 is 2.00 bits per heavy atom. The number of nitrogens with zero attached hydrogens (tertiary/aromatic N) is 2. The molecule has 20 heavy (non-hydrogen) atoms. The van der Waals surface area contributed by atoms with Gasteiger partial charge in [-0.1, -0.05) is 18.8 Å². The van der Waals surface area contributed by atoms with Crippen LogP contribution in [0.3, 0.4) is 0 Å². The summed E-state index contributed by atoms with van der Waals surface area (Å²) in [6.07, 6.45) is 1.74. The molecule has 0 amide bonds. The quantitative estimate of drug-likeness (QED) is 0.745. The average molecular weight is 294 g/mol. The first-order chi connectivity index (χ1) is 9.65. The van der Waals surface area contributed by atoms with E-state index in [0.717, 1.165) is 31.1 Å². The number of likely N-dealkylation sites (N-methyl/N-ethyl adjacent to an activating group) is 1. The van der Waals surface area contributed by atoms with Gasteiger partial charge >= 0.3 is 0 Å². The predicted octanol–water partition coefficient (Wildman–Crippen LogP) is 2.26. The third-order valence-corrected chi connectivity index (χ3v) is 3.88. The molecule has 1 heterocycles. The van der Waals surface area contributed by atoms with E-state index < -0.39 is 0 Å². The van der Waals surface area contributed by atoms with Crippen molar-refractivity contribution in [2.24, 2.45) is 0 Å². The van der Waals surface area contributed by atoms with Crippen LogP contribution in [0.4, 0.5) is 0 Å². The maximum atomic E-state index is 8.72. The zero-order chi connectivity index (χ0) is 14.8. The topological polar surface area (TPSA) is 26.7 Å². The first kappa shape index (κ1) is 17.2. The number of thiophene rings is 1. The average Bonchev–Trinajstić information content (AvgIpc) is 2.84. The van der Waals surface area contributed by atoms with E-state index in [-0.39, 0.29) is 6.61 Å². The third kappa shape index (κ3) is 7.06. The highest BCUT2D eigenvalue weighted by Gasteiger charge is 2.07. The van der Waals surface area contributed by atoms with Crippen LogP contribution in [0.2, 0.25) is 0 Å². The van der Waals surface area contributed by atoms with Gasteiger partial charge in [0, 0.05) is 30.9 Å². The molecule has 1 aromatic heterocycles. The molecule has 112 valence electrons. The molecule has 0 atom stereocenters. The first-order valence-corrected chi connectivity index (χ1v) is 8.03. The SMILES string of the molecule is CCCN(CCN(C)C)Cc1ccc(C#CCCO)s1. The van der Waals surface area contributed by atoms with Crippen LogP contribution in [0, 0.1) is 11.8 Å². The normalized spacial score (nSPS) is 10.9. The molecular formula is C16H26N2OS. The van der Waals surface area contributed by atoms with Crippen molar-refractivity contribution in [3.05, 3.63) is 21.9 Å². The minimum Gasteiger partial charge on any atom is -0.395 e. The van der Waals surface area contributed by atoms with Crippen LogP contribution in [0.15, 0.2) is 12.1 Å². The molecule has 0 unspecified atom stereocenters. The molecule has 0 bridgehead atoms. The van der Waals surface area contributed by atoms with Crippen molar-refractivity contribution < 1.29 is 5.11 Å². The second-order valence-electron chi connectivity index (χ2n) is 5.12. The van der Waals surface area contributed by atoms with Gasteiger partial charge in [0.2, 0.25) is 0 Å². The van der Waals surface area contributed by atoms with E-state index in [1.807, 2.05) is 0 Å². The van der Waals surface area contributed by atoms with Crippen LogP contribution in [0.1, 0.15) is 29.5 Å². The molecule has 0 fully saturated rings. The van der Waals surface area contributed by atoms with E-state index in [1.165, 1.54) is 11.3 Å². The monoisotopic (exact) mass is 294 g/mol. The molecule has 4 heteroatoms. The molecule has 0 aliphatic carbocycles. The zero-order valence-corrected chi connectivity index (χ0v) is 13.7. The van der Waals surface area contributed by atoms with Crippen LogP contribution in [-0.2, 0) is 6.54 Å². The Labute approximate surface area is 127 Å². The van der Waals surface area contributed by atoms with E-state index in [9.17, 15) is 0 Å². The Balaban J connectivity index is 2.53. The Morgan fingerprint density at radius 1 is 1.20 bits per heavy atom. The standard InChI is InChI=1S/C16H26N2OS/c1-4-10-18(12-11-17(2)3)14-16-9-8-15(20-16)7-5-6-13-19/h8-9,19H,4,6,10-14H2,1-3H3. The summed E-state index contributed by atoms with van der Waals surface area (Å²) in [5, 5.41) is 8.72. The van der Waals surface area contributed by atoms with E-state index in [2.05, 4.69) is 54.8 Å². The van der Waals surface area contributed by atoms with Gasteiger partial charge in [0.15, 0.2) is 0 Å². The number of rotatable bonds is 8. The Hall–Kier alpha value is -0.860. The van der Waals surface area contributed by atoms with Crippen molar-refractivity contribution in [3.63, 3.8) is 0 Å². The third-order valence-electron chi connectivity index (χ3n) is 2.89. The van der Waals surface area contributed by atoms with Crippen molar-refractivity contribution in [2.45, 2.75) is 26.3 Å². The molecule has 3 nitrogen and oxygen atoms in total. The smallest absolute Gasteiger partial charge is 0.0771 e. The second-order valence-corrected chi connectivity index (χ2v) is 6.29. The summed E-state index contributed by atoms with van der Waals surface area (Å²) in [7, 11) is 4.23. The van der Waals surface area contributed by atoms with Gasteiger partial charge in [-0.05, 0) is 39.2 Å². The van der Waals surface area contributed by atoms with Crippen molar-refractivity contribution in [1.82, 2.24) is 9.80 Å². The predicted molar refractivity (Wildman–Crippen MR) is 87.0 cm³/mol. The number of aliphatic hydroxyl groups excluding tert-OH is 1. The lowest BCUT2D eigenvalue weighted by Crippen LogP contribution is -2.31. The minimum atomic E-state index is 0.139. The molecule has 1 rings (SSSR count). The highest BCUT2D eigenvalue weighted by molar-refractivity contribution is 7.12. The molecule has 0 radical (unpaired) electrons. The van der Waals surface area contributed by atoms with Crippen LogP contribution in [-0.4, -0.2) is 55.2 Å². The van der Waals surface area contributed by atoms with Crippen molar-refractivity contribution in [2.75, 3.05) is 40.3 Å². The lowest BCUT2D eigenvalue weighted by atomic mass is 10.3. The fraction of sp³-hybridized carbons (Fsp3) is 0.625. The molecular weight excluding hydrogens is 268 g/mol. The molecule has 0 spiro atoms.